The van der Waals surface area contributed by atoms with Crippen molar-refractivity contribution in [3.63, 3.8) is 0 Å². The van der Waals surface area contributed by atoms with Crippen LogP contribution in [-0.2, 0) is 0 Å². The standard InChI is InChI=1S/C10H13Cl3N4O/c1-17(2)10(18)15-4-3-14-9-7(12)5-6(11)8(13)16-9/h5H,3-4H2,1-2H3,(H,14,16)(H,15,18). The molecule has 0 aliphatic rings. The molecule has 1 rings (SSSR count). The Bertz CT molecular complexity index is 439. The van der Waals surface area contributed by atoms with Crippen molar-refractivity contribution in [2.45, 2.75) is 0 Å². The van der Waals surface area contributed by atoms with E-state index >= 15 is 0 Å². The molecule has 0 radical (unpaired) electrons. The molecular formula is C10H13Cl3N4O. The van der Waals surface area contributed by atoms with Crippen molar-refractivity contribution in [3.8, 4) is 0 Å². The van der Waals surface area contributed by atoms with Gasteiger partial charge in [0.05, 0.1) is 10.0 Å². The third-order valence-corrected chi connectivity index (χ3v) is 2.95. The van der Waals surface area contributed by atoms with Gasteiger partial charge in [0.25, 0.3) is 0 Å². The van der Waals surface area contributed by atoms with Crippen molar-refractivity contribution < 1.29 is 4.79 Å². The van der Waals surface area contributed by atoms with Gasteiger partial charge in [0.2, 0.25) is 0 Å². The number of rotatable bonds is 4. The third kappa shape index (κ3) is 4.40. The largest absolute Gasteiger partial charge is 0.367 e. The molecule has 5 nitrogen and oxygen atoms in total. The molecule has 0 unspecified atom stereocenters. The van der Waals surface area contributed by atoms with E-state index < -0.39 is 0 Å². The molecule has 0 aliphatic carbocycles. The molecule has 0 atom stereocenters. The fourth-order valence-electron chi connectivity index (χ4n) is 1.08. The average Bonchev–Trinajstić information content (AvgIpc) is 2.30. The van der Waals surface area contributed by atoms with Crippen LogP contribution in [0.5, 0.6) is 0 Å². The van der Waals surface area contributed by atoms with Crippen molar-refractivity contribution in [1.29, 1.82) is 0 Å². The lowest BCUT2D eigenvalue weighted by Crippen LogP contribution is -2.37. The number of pyridine rings is 1. The van der Waals surface area contributed by atoms with Crippen LogP contribution in [0.25, 0.3) is 0 Å². The highest BCUT2D eigenvalue weighted by Crippen LogP contribution is 2.28. The second-order valence-electron chi connectivity index (χ2n) is 3.64. The quantitative estimate of drug-likeness (QED) is 0.664. The van der Waals surface area contributed by atoms with Crippen LogP contribution < -0.4 is 10.6 Å². The fraction of sp³-hybridized carbons (Fsp3) is 0.400. The summed E-state index contributed by atoms with van der Waals surface area (Å²) in [5.74, 6) is 0.435. The van der Waals surface area contributed by atoms with Gasteiger partial charge in [0, 0.05) is 27.2 Å². The summed E-state index contributed by atoms with van der Waals surface area (Å²) in [6.07, 6.45) is 0. The van der Waals surface area contributed by atoms with Crippen molar-refractivity contribution in [3.05, 3.63) is 21.3 Å². The molecule has 2 amide bonds. The smallest absolute Gasteiger partial charge is 0.316 e. The molecular weight excluding hydrogens is 298 g/mol. The molecule has 1 aromatic heterocycles. The fourth-order valence-corrected chi connectivity index (χ4v) is 1.64. The van der Waals surface area contributed by atoms with Gasteiger partial charge >= 0.3 is 6.03 Å². The highest BCUT2D eigenvalue weighted by atomic mass is 35.5. The summed E-state index contributed by atoms with van der Waals surface area (Å²) in [5, 5.41) is 6.51. The van der Waals surface area contributed by atoms with E-state index in [0.717, 1.165) is 0 Å². The summed E-state index contributed by atoms with van der Waals surface area (Å²) >= 11 is 17.5. The van der Waals surface area contributed by atoms with Crippen LogP contribution in [0, 0.1) is 0 Å². The van der Waals surface area contributed by atoms with Gasteiger partial charge < -0.3 is 15.5 Å². The maximum Gasteiger partial charge on any atom is 0.316 e. The maximum atomic E-state index is 11.2. The van der Waals surface area contributed by atoms with Gasteiger partial charge in [-0.05, 0) is 6.07 Å². The minimum absolute atomic E-state index is 0.162. The number of halogens is 3. The number of aromatic nitrogens is 1. The van der Waals surface area contributed by atoms with E-state index in [1.165, 1.54) is 11.0 Å². The lowest BCUT2D eigenvalue weighted by Gasteiger charge is -2.13. The second-order valence-corrected chi connectivity index (χ2v) is 4.82. The van der Waals surface area contributed by atoms with Crippen molar-refractivity contribution in [2.75, 3.05) is 32.5 Å². The predicted octanol–water partition coefficient (Wildman–Crippen LogP) is 2.72. The van der Waals surface area contributed by atoms with E-state index in [9.17, 15) is 4.79 Å². The molecule has 0 spiro atoms. The second kappa shape index (κ2) is 6.87. The van der Waals surface area contributed by atoms with Crippen LogP contribution in [0.2, 0.25) is 15.2 Å². The highest BCUT2D eigenvalue weighted by molar-refractivity contribution is 6.42. The summed E-state index contributed by atoms with van der Waals surface area (Å²) in [4.78, 5) is 16.7. The molecule has 2 N–H and O–H groups in total. The first-order valence-electron chi connectivity index (χ1n) is 5.12. The number of nitrogens with one attached hydrogen (secondary N) is 2. The molecule has 0 aromatic carbocycles. The van der Waals surface area contributed by atoms with Crippen LogP contribution in [0.1, 0.15) is 0 Å². The predicted molar refractivity (Wildman–Crippen MR) is 74.8 cm³/mol. The van der Waals surface area contributed by atoms with Gasteiger partial charge in [-0.25, -0.2) is 9.78 Å². The van der Waals surface area contributed by atoms with Gasteiger partial charge in [0.15, 0.2) is 0 Å². The third-order valence-electron chi connectivity index (χ3n) is 1.99. The number of hydrogen-bond donors (Lipinski definition) is 2. The van der Waals surface area contributed by atoms with E-state index in [2.05, 4.69) is 15.6 Å². The first-order chi connectivity index (χ1) is 8.41. The minimum Gasteiger partial charge on any atom is -0.367 e. The summed E-state index contributed by atoms with van der Waals surface area (Å²) in [5.41, 5.74) is 0. The number of anilines is 1. The van der Waals surface area contributed by atoms with E-state index in [1.54, 1.807) is 14.1 Å². The van der Waals surface area contributed by atoms with Crippen LogP contribution in [0.4, 0.5) is 10.6 Å². The summed E-state index contributed by atoms with van der Waals surface area (Å²) in [6, 6.07) is 1.35. The summed E-state index contributed by atoms with van der Waals surface area (Å²) in [7, 11) is 3.33. The molecule has 0 saturated carbocycles. The molecule has 0 bridgehead atoms. The lowest BCUT2D eigenvalue weighted by atomic mass is 10.4. The Morgan fingerprint density at radius 3 is 2.56 bits per heavy atom. The van der Waals surface area contributed by atoms with Gasteiger partial charge in [-0.3, -0.25) is 0 Å². The highest BCUT2D eigenvalue weighted by Gasteiger charge is 2.07. The van der Waals surface area contributed by atoms with Gasteiger partial charge in [-0.2, -0.15) is 0 Å². The Kier molecular flexibility index (Phi) is 5.78. The van der Waals surface area contributed by atoms with Crippen LogP contribution in [-0.4, -0.2) is 43.1 Å². The Labute approximate surface area is 120 Å². The molecule has 100 valence electrons. The number of carbonyl (C=O) groups is 1. The molecule has 0 fully saturated rings. The normalized spacial score (nSPS) is 10.1. The van der Waals surface area contributed by atoms with Gasteiger partial charge in [0.1, 0.15) is 11.0 Å². The summed E-state index contributed by atoms with van der Waals surface area (Å²) < 4.78 is 0. The van der Waals surface area contributed by atoms with E-state index in [0.29, 0.717) is 29.0 Å². The first-order valence-corrected chi connectivity index (χ1v) is 6.25. The first kappa shape index (κ1) is 15.1. The molecule has 1 heterocycles. The zero-order valence-corrected chi connectivity index (χ0v) is 12.2. The number of nitrogens with zero attached hydrogens (tertiary/aromatic N) is 2. The monoisotopic (exact) mass is 310 g/mol. The molecule has 0 saturated heterocycles. The number of amides is 2. The zero-order valence-electron chi connectivity index (χ0n) is 9.93. The van der Waals surface area contributed by atoms with Crippen molar-refractivity contribution in [1.82, 2.24) is 15.2 Å². The van der Waals surface area contributed by atoms with Crippen molar-refractivity contribution >= 4 is 46.7 Å². The SMILES string of the molecule is CN(C)C(=O)NCCNc1nc(Cl)c(Cl)cc1Cl. The van der Waals surface area contributed by atoms with Crippen LogP contribution in [0.3, 0.4) is 0 Å². The molecule has 1 aromatic rings. The van der Waals surface area contributed by atoms with E-state index in [1.807, 2.05) is 0 Å². The maximum absolute atomic E-state index is 11.2. The number of urea groups is 1. The van der Waals surface area contributed by atoms with Gasteiger partial charge in [-0.1, -0.05) is 34.8 Å². The summed E-state index contributed by atoms with van der Waals surface area (Å²) in [6.45, 7) is 0.916. The molecule has 18 heavy (non-hydrogen) atoms. The topological polar surface area (TPSA) is 57.3 Å². The minimum atomic E-state index is -0.162. The molecule has 0 aliphatic heterocycles. The Balaban J connectivity index is 2.45. The van der Waals surface area contributed by atoms with Crippen LogP contribution >= 0.6 is 34.8 Å². The molecule has 8 heteroatoms. The van der Waals surface area contributed by atoms with Gasteiger partial charge in [-0.15, -0.1) is 0 Å². The zero-order chi connectivity index (χ0) is 13.7. The Morgan fingerprint density at radius 1 is 1.28 bits per heavy atom. The Morgan fingerprint density at radius 2 is 1.94 bits per heavy atom. The van der Waals surface area contributed by atoms with Crippen molar-refractivity contribution in [2.24, 2.45) is 0 Å². The van der Waals surface area contributed by atoms with Crippen LogP contribution in [0.15, 0.2) is 6.07 Å². The number of carbonyl (C=O) groups excluding carboxylic acids is 1. The van der Waals surface area contributed by atoms with E-state index in [4.69, 9.17) is 34.8 Å². The van der Waals surface area contributed by atoms with E-state index in [-0.39, 0.29) is 11.2 Å². The average molecular weight is 312 g/mol. The lowest BCUT2D eigenvalue weighted by molar-refractivity contribution is 0.218. The number of hydrogen-bond acceptors (Lipinski definition) is 3. The Hall–Kier alpha value is -0.910.